The standard InChI is InChI=1S/C27H28F3N7O2/c1-5-16(2)32-18-7-6-8-19(11-18)34-25-22(27(28,29)30)13-31-26(36-25)35-23-10-9-20(12-24(23)39-4)33-21-14-37(15-21)17(3)38/h5-13,21,33H,1,14-15H2,2-4H3,(H2,31,34,35,36). The van der Waals surface area contributed by atoms with E-state index in [-0.39, 0.29) is 17.9 Å². The minimum Gasteiger partial charge on any atom is -0.494 e. The summed E-state index contributed by atoms with van der Waals surface area (Å²) in [7, 11) is 1.48. The van der Waals surface area contributed by atoms with Gasteiger partial charge in [-0.1, -0.05) is 12.6 Å². The maximum atomic E-state index is 13.8. The summed E-state index contributed by atoms with van der Waals surface area (Å²) in [4.78, 5) is 25.5. The first kappa shape index (κ1) is 27.4. The Morgan fingerprint density at radius 1 is 1.15 bits per heavy atom. The van der Waals surface area contributed by atoms with E-state index in [4.69, 9.17) is 4.74 Å². The van der Waals surface area contributed by atoms with E-state index in [1.54, 1.807) is 60.4 Å². The molecule has 0 aliphatic carbocycles. The van der Waals surface area contributed by atoms with E-state index >= 15 is 0 Å². The van der Waals surface area contributed by atoms with E-state index in [2.05, 4.69) is 37.5 Å². The lowest BCUT2D eigenvalue weighted by molar-refractivity contribution is -0.137. The number of rotatable bonds is 9. The average Bonchev–Trinajstić information content (AvgIpc) is 2.86. The van der Waals surface area contributed by atoms with Crippen LogP contribution in [0.2, 0.25) is 0 Å². The number of alkyl halides is 3. The van der Waals surface area contributed by atoms with Crippen LogP contribution >= 0.6 is 0 Å². The third-order valence-corrected chi connectivity index (χ3v) is 5.95. The molecular weight excluding hydrogens is 511 g/mol. The number of nitrogens with one attached hydrogen (secondary N) is 3. The van der Waals surface area contributed by atoms with Crippen molar-refractivity contribution < 1.29 is 22.7 Å². The lowest BCUT2D eigenvalue weighted by Crippen LogP contribution is -2.56. The number of hydrogen-bond acceptors (Lipinski definition) is 8. The molecule has 1 aromatic heterocycles. The Balaban J connectivity index is 1.56. The number of aliphatic imine (C=N–C) groups is 1. The molecule has 1 aliphatic heterocycles. The Kier molecular flexibility index (Phi) is 8.03. The summed E-state index contributed by atoms with van der Waals surface area (Å²) in [5.74, 6) is -0.0143. The average molecular weight is 540 g/mol. The number of ether oxygens (including phenoxy) is 1. The van der Waals surface area contributed by atoms with Gasteiger partial charge in [0.05, 0.1) is 24.5 Å². The second-order valence-electron chi connectivity index (χ2n) is 8.89. The summed E-state index contributed by atoms with van der Waals surface area (Å²) < 4.78 is 46.7. The van der Waals surface area contributed by atoms with Crippen molar-refractivity contribution in [3.05, 3.63) is 66.9 Å². The molecule has 0 radical (unpaired) electrons. The molecule has 12 heteroatoms. The molecule has 4 rings (SSSR count). The van der Waals surface area contributed by atoms with Gasteiger partial charge in [0.25, 0.3) is 0 Å². The number of methoxy groups -OCH3 is 1. The highest BCUT2D eigenvalue weighted by Gasteiger charge is 2.35. The van der Waals surface area contributed by atoms with Crippen LogP contribution in [0.1, 0.15) is 19.4 Å². The van der Waals surface area contributed by atoms with Crippen molar-refractivity contribution >= 4 is 46.1 Å². The Labute approximate surface area is 223 Å². The number of carbonyl (C=O) groups is 1. The van der Waals surface area contributed by atoms with Crippen LogP contribution in [0.5, 0.6) is 5.75 Å². The number of hydrogen-bond donors (Lipinski definition) is 3. The molecule has 0 bridgehead atoms. The minimum atomic E-state index is -4.68. The summed E-state index contributed by atoms with van der Waals surface area (Å²) in [6.07, 6.45) is -2.38. The Hall–Kier alpha value is -4.61. The van der Waals surface area contributed by atoms with Gasteiger partial charge in [-0.05, 0) is 43.3 Å². The van der Waals surface area contributed by atoms with Crippen molar-refractivity contribution in [3.8, 4) is 5.75 Å². The number of anilines is 5. The SMILES string of the molecule is C=CC(C)=Nc1cccc(Nc2nc(Nc3ccc(NC4CN(C(C)=O)C4)cc3OC)ncc2C(F)(F)F)c1. The molecule has 0 saturated carbocycles. The molecule has 1 aliphatic rings. The fourth-order valence-electron chi connectivity index (χ4n) is 3.85. The normalized spacial score (nSPS) is 13.9. The van der Waals surface area contributed by atoms with Gasteiger partial charge in [-0.2, -0.15) is 18.2 Å². The highest BCUT2D eigenvalue weighted by Crippen LogP contribution is 2.37. The van der Waals surface area contributed by atoms with Gasteiger partial charge >= 0.3 is 6.18 Å². The monoisotopic (exact) mass is 539 g/mol. The molecular formula is C27H28F3N7O2. The van der Waals surface area contributed by atoms with Crippen LogP contribution in [0.3, 0.4) is 0 Å². The molecule has 9 nitrogen and oxygen atoms in total. The number of allylic oxidation sites excluding steroid dienone is 1. The van der Waals surface area contributed by atoms with Crippen LogP contribution in [0.4, 0.5) is 47.7 Å². The molecule has 0 atom stereocenters. The van der Waals surface area contributed by atoms with Gasteiger partial charge in [0.15, 0.2) is 0 Å². The summed E-state index contributed by atoms with van der Waals surface area (Å²) in [5.41, 5.74) is 1.80. The fraction of sp³-hybridized carbons (Fsp3) is 0.259. The smallest absolute Gasteiger partial charge is 0.421 e. The fourth-order valence-corrected chi connectivity index (χ4v) is 3.85. The first-order valence-corrected chi connectivity index (χ1v) is 12.0. The molecule has 2 aromatic carbocycles. The Morgan fingerprint density at radius 3 is 2.59 bits per heavy atom. The number of nitrogens with zero attached hydrogens (tertiary/aromatic N) is 4. The predicted octanol–water partition coefficient (Wildman–Crippen LogP) is 5.91. The van der Waals surface area contributed by atoms with Crippen molar-refractivity contribution in [2.24, 2.45) is 4.99 Å². The van der Waals surface area contributed by atoms with Crippen LogP contribution in [-0.4, -0.2) is 52.7 Å². The highest BCUT2D eigenvalue weighted by molar-refractivity contribution is 5.94. The number of amides is 1. The quantitative estimate of drug-likeness (QED) is 0.290. The zero-order valence-electron chi connectivity index (χ0n) is 21.6. The molecule has 3 N–H and O–H groups in total. The number of benzene rings is 2. The van der Waals surface area contributed by atoms with Gasteiger partial charge in [0.1, 0.15) is 17.1 Å². The molecule has 2 heterocycles. The Bertz CT molecular complexity index is 1400. The predicted molar refractivity (Wildman–Crippen MR) is 146 cm³/mol. The summed E-state index contributed by atoms with van der Waals surface area (Å²) in [6, 6.07) is 12.0. The van der Waals surface area contributed by atoms with E-state index in [1.165, 1.54) is 14.0 Å². The zero-order valence-corrected chi connectivity index (χ0v) is 21.6. The van der Waals surface area contributed by atoms with Gasteiger partial charge in [0.2, 0.25) is 11.9 Å². The molecule has 3 aromatic rings. The molecule has 1 fully saturated rings. The summed E-state index contributed by atoms with van der Waals surface area (Å²) >= 11 is 0. The highest BCUT2D eigenvalue weighted by atomic mass is 19.4. The van der Waals surface area contributed by atoms with Gasteiger partial charge in [-0.15, -0.1) is 0 Å². The van der Waals surface area contributed by atoms with Gasteiger partial charge in [0, 0.05) is 49.4 Å². The summed E-state index contributed by atoms with van der Waals surface area (Å²) in [6.45, 7) is 8.16. The van der Waals surface area contributed by atoms with E-state index < -0.39 is 17.6 Å². The number of aromatic nitrogens is 2. The first-order chi connectivity index (χ1) is 18.5. The number of carbonyl (C=O) groups excluding carboxylic acids is 1. The third kappa shape index (κ3) is 6.83. The molecule has 1 amide bonds. The van der Waals surface area contributed by atoms with Crippen LogP contribution in [0, 0.1) is 0 Å². The van der Waals surface area contributed by atoms with E-state index in [0.717, 1.165) is 11.9 Å². The topological polar surface area (TPSA) is 104 Å². The van der Waals surface area contributed by atoms with E-state index in [1.807, 2.05) is 0 Å². The maximum absolute atomic E-state index is 13.8. The molecule has 204 valence electrons. The van der Waals surface area contributed by atoms with Crippen molar-refractivity contribution in [1.29, 1.82) is 0 Å². The van der Waals surface area contributed by atoms with Crippen molar-refractivity contribution in [2.45, 2.75) is 26.1 Å². The largest absolute Gasteiger partial charge is 0.494 e. The third-order valence-electron chi connectivity index (χ3n) is 5.95. The number of likely N-dealkylation sites (tertiary alicyclic amines) is 1. The molecule has 39 heavy (non-hydrogen) atoms. The van der Waals surface area contributed by atoms with E-state index in [9.17, 15) is 18.0 Å². The maximum Gasteiger partial charge on any atom is 0.421 e. The number of halogens is 3. The summed E-state index contributed by atoms with van der Waals surface area (Å²) in [5, 5.41) is 9.01. The molecule has 1 saturated heterocycles. The van der Waals surface area contributed by atoms with Crippen LogP contribution < -0.4 is 20.7 Å². The van der Waals surface area contributed by atoms with E-state index in [0.29, 0.717) is 41.6 Å². The van der Waals surface area contributed by atoms with Gasteiger partial charge in [-0.3, -0.25) is 9.79 Å². The lowest BCUT2D eigenvalue weighted by Gasteiger charge is -2.39. The van der Waals surface area contributed by atoms with Crippen molar-refractivity contribution in [1.82, 2.24) is 14.9 Å². The second-order valence-corrected chi connectivity index (χ2v) is 8.89. The zero-order chi connectivity index (χ0) is 28.2. The Morgan fingerprint density at radius 2 is 1.92 bits per heavy atom. The van der Waals surface area contributed by atoms with Crippen LogP contribution in [0.25, 0.3) is 0 Å². The van der Waals surface area contributed by atoms with Gasteiger partial charge in [-0.25, -0.2) is 4.98 Å². The molecule has 0 unspecified atom stereocenters. The van der Waals surface area contributed by atoms with Crippen LogP contribution in [0.15, 0.2) is 66.3 Å². The van der Waals surface area contributed by atoms with Crippen molar-refractivity contribution in [3.63, 3.8) is 0 Å². The van der Waals surface area contributed by atoms with Crippen molar-refractivity contribution in [2.75, 3.05) is 36.1 Å². The van der Waals surface area contributed by atoms with Crippen LogP contribution in [-0.2, 0) is 11.0 Å². The second kappa shape index (κ2) is 11.4. The first-order valence-electron chi connectivity index (χ1n) is 12.0. The minimum absolute atomic E-state index is 0.0274. The molecule has 0 spiro atoms. The van der Waals surface area contributed by atoms with Gasteiger partial charge < -0.3 is 25.6 Å². The lowest BCUT2D eigenvalue weighted by atomic mass is 10.1.